The molecule has 1 saturated carbocycles. The summed E-state index contributed by atoms with van der Waals surface area (Å²) in [6, 6.07) is 6.68. The molecule has 0 bridgehead atoms. The van der Waals surface area contributed by atoms with E-state index in [2.05, 4.69) is 47.3 Å². The predicted octanol–water partition coefficient (Wildman–Crippen LogP) is 3.52. The van der Waals surface area contributed by atoms with Gasteiger partial charge in [-0.1, -0.05) is 42.8 Å². The molecule has 1 aromatic carbocycles. The number of imide groups is 1. The first-order valence-electron chi connectivity index (χ1n) is 8.80. The van der Waals surface area contributed by atoms with Crippen molar-refractivity contribution < 1.29 is 14.4 Å². The zero-order valence-corrected chi connectivity index (χ0v) is 16.9. The monoisotopic (exact) mass is 421 g/mol. The first kappa shape index (κ1) is 18.9. The summed E-state index contributed by atoms with van der Waals surface area (Å²) in [7, 11) is 0. The van der Waals surface area contributed by atoms with E-state index in [1.54, 1.807) is 18.2 Å². The van der Waals surface area contributed by atoms with Crippen LogP contribution < -0.4 is 10.6 Å². The second-order valence-electron chi connectivity index (χ2n) is 8.32. The Hall–Kier alpha value is -1.89. The lowest BCUT2D eigenvalue weighted by molar-refractivity contribution is -0.136. The fraction of sp³-hybridized carbons (Fsp3) is 0.526. The molecule has 1 saturated heterocycles. The topological polar surface area (TPSA) is 78.5 Å². The third kappa shape index (κ3) is 3.77. The second-order valence-corrected chi connectivity index (χ2v) is 9.23. The molecule has 3 rings (SSSR count). The van der Waals surface area contributed by atoms with Crippen LogP contribution in [-0.2, 0) is 9.59 Å². The van der Waals surface area contributed by atoms with E-state index in [0.29, 0.717) is 24.4 Å². The van der Waals surface area contributed by atoms with Crippen molar-refractivity contribution in [1.29, 1.82) is 0 Å². The van der Waals surface area contributed by atoms with Crippen LogP contribution in [0.15, 0.2) is 28.7 Å². The van der Waals surface area contributed by atoms with Gasteiger partial charge in [-0.25, -0.2) is 4.79 Å². The lowest BCUT2D eigenvalue weighted by atomic mass is 9.64. The molecule has 2 fully saturated rings. The molecule has 1 heterocycles. The minimum atomic E-state index is -0.881. The Morgan fingerprint density at radius 2 is 2.08 bits per heavy atom. The molecule has 2 unspecified atom stereocenters. The van der Waals surface area contributed by atoms with E-state index in [4.69, 9.17) is 0 Å². The quantitative estimate of drug-likeness (QED) is 0.732. The summed E-state index contributed by atoms with van der Waals surface area (Å²) < 4.78 is 0.836. The van der Waals surface area contributed by atoms with Gasteiger partial charge in [-0.05, 0) is 48.8 Å². The lowest BCUT2D eigenvalue weighted by Gasteiger charge is -2.43. The molecule has 1 aromatic rings. The summed E-state index contributed by atoms with van der Waals surface area (Å²) >= 11 is 3.34. The van der Waals surface area contributed by atoms with E-state index in [0.717, 1.165) is 15.8 Å². The molecule has 1 aliphatic heterocycles. The maximum absolute atomic E-state index is 13.0. The zero-order chi connectivity index (χ0) is 19.1. The van der Waals surface area contributed by atoms with Crippen LogP contribution in [0.2, 0.25) is 0 Å². The number of benzene rings is 1. The van der Waals surface area contributed by atoms with Gasteiger partial charge in [0.15, 0.2) is 0 Å². The minimum absolute atomic E-state index is 0.0325. The van der Waals surface area contributed by atoms with E-state index in [1.807, 2.05) is 6.07 Å². The predicted molar refractivity (Wildman–Crippen MR) is 103 cm³/mol. The van der Waals surface area contributed by atoms with Gasteiger partial charge >= 0.3 is 6.03 Å². The number of carbonyl (C=O) groups is 3. The van der Waals surface area contributed by atoms with Crippen LogP contribution in [0.4, 0.5) is 10.5 Å². The van der Waals surface area contributed by atoms with Crippen LogP contribution in [0.5, 0.6) is 0 Å². The van der Waals surface area contributed by atoms with Gasteiger partial charge < -0.3 is 10.6 Å². The van der Waals surface area contributed by atoms with Crippen LogP contribution in [0.3, 0.4) is 0 Å². The number of anilines is 1. The molecule has 0 radical (unpaired) electrons. The highest BCUT2D eigenvalue weighted by molar-refractivity contribution is 9.10. The third-order valence-corrected chi connectivity index (χ3v) is 5.53. The van der Waals surface area contributed by atoms with Gasteiger partial charge in [-0.2, -0.15) is 0 Å². The van der Waals surface area contributed by atoms with Crippen molar-refractivity contribution in [3.8, 4) is 0 Å². The Bertz CT molecular complexity index is 764. The molecule has 26 heavy (non-hydrogen) atoms. The maximum atomic E-state index is 13.0. The van der Waals surface area contributed by atoms with E-state index >= 15 is 0 Å². The number of halogens is 1. The maximum Gasteiger partial charge on any atom is 0.325 e. The lowest BCUT2D eigenvalue weighted by Crippen LogP contribution is -2.54. The average molecular weight is 422 g/mol. The van der Waals surface area contributed by atoms with Gasteiger partial charge in [0, 0.05) is 10.2 Å². The smallest absolute Gasteiger partial charge is 0.324 e. The molecule has 1 spiro atoms. The standard InChI is InChI=1S/C19H24BrN3O3/c1-12-8-18(2,3)11-19(9-12)16(25)23(17(26)22-19)10-15(24)21-14-6-4-5-13(20)7-14/h4-7,12H,8-11H2,1-3H3,(H,21,24)(H,22,26). The third-order valence-electron chi connectivity index (χ3n) is 5.03. The molecule has 2 aliphatic rings. The Labute approximate surface area is 161 Å². The molecule has 2 N–H and O–H groups in total. The van der Waals surface area contributed by atoms with Crippen molar-refractivity contribution >= 4 is 39.5 Å². The molecular weight excluding hydrogens is 398 g/mol. The number of amides is 4. The first-order valence-corrected chi connectivity index (χ1v) is 9.59. The summed E-state index contributed by atoms with van der Waals surface area (Å²) in [4.78, 5) is 38.8. The number of hydrogen-bond acceptors (Lipinski definition) is 3. The van der Waals surface area contributed by atoms with Crippen molar-refractivity contribution in [2.45, 2.75) is 45.6 Å². The van der Waals surface area contributed by atoms with Gasteiger partial charge in [0.1, 0.15) is 12.1 Å². The fourth-order valence-electron chi connectivity index (χ4n) is 4.56. The number of rotatable bonds is 3. The molecule has 0 aromatic heterocycles. The molecular formula is C19H24BrN3O3. The molecule has 7 heteroatoms. The number of nitrogens with one attached hydrogen (secondary N) is 2. The van der Waals surface area contributed by atoms with Crippen LogP contribution in [0, 0.1) is 11.3 Å². The van der Waals surface area contributed by atoms with E-state index in [9.17, 15) is 14.4 Å². The Balaban J connectivity index is 1.72. The molecule has 6 nitrogen and oxygen atoms in total. The molecule has 4 amide bonds. The highest BCUT2D eigenvalue weighted by Gasteiger charge is 2.56. The Morgan fingerprint density at radius 1 is 1.35 bits per heavy atom. The van der Waals surface area contributed by atoms with Crippen LogP contribution >= 0.6 is 15.9 Å². The summed E-state index contributed by atoms with van der Waals surface area (Å²) in [6.07, 6.45) is 2.23. The van der Waals surface area contributed by atoms with E-state index in [1.165, 1.54) is 0 Å². The average Bonchev–Trinajstić information content (AvgIpc) is 2.68. The second kappa shape index (κ2) is 6.68. The van der Waals surface area contributed by atoms with Gasteiger partial charge in [0.2, 0.25) is 5.91 Å². The molecule has 2 atom stereocenters. The van der Waals surface area contributed by atoms with Crippen LogP contribution in [0.1, 0.15) is 40.0 Å². The Kier molecular flexibility index (Phi) is 4.86. The van der Waals surface area contributed by atoms with Crippen molar-refractivity contribution in [2.24, 2.45) is 11.3 Å². The SMILES string of the molecule is CC1CC(C)(C)CC2(C1)NC(=O)N(CC(=O)Nc1cccc(Br)c1)C2=O. The van der Waals surface area contributed by atoms with Crippen molar-refractivity contribution in [3.63, 3.8) is 0 Å². The highest BCUT2D eigenvalue weighted by atomic mass is 79.9. The zero-order valence-electron chi connectivity index (χ0n) is 15.3. The molecule has 140 valence electrons. The Morgan fingerprint density at radius 3 is 2.73 bits per heavy atom. The van der Waals surface area contributed by atoms with Gasteiger partial charge in [-0.15, -0.1) is 0 Å². The number of urea groups is 1. The van der Waals surface area contributed by atoms with Crippen molar-refractivity contribution in [2.75, 3.05) is 11.9 Å². The van der Waals surface area contributed by atoms with Crippen molar-refractivity contribution in [3.05, 3.63) is 28.7 Å². The van der Waals surface area contributed by atoms with Crippen LogP contribution in [0.25, 0.3) is 0 Å². The van der Waals surface area contributed by atoms with E-state index < -0.39 is 17.5 Å². The van der Waals surface area contributed by atoms with E-state index in [-0.39, 0.29) is 17.9 Å². The summed E-state index contributed by atoms with van der Waals surface area (Å²) in [5.74, 6) is -0.350. The number of hydrogen-bond donors (Lipinski definition) is 2. The normalized spacial score (nSPS) is 27.5. The summed E-state index contributed by atoms with van der Waals surface area (Å²) in [5, 5.41) is 5.61. The van der Waals surface area contributed by atoms with Gasteiger partial charge in [0.05, 0.1) is 0 Å². The van der Waals surface area contributed by atoms with Crippen LogP contribution in [-0.4, -0.2) is 34.8 Å². The fourth-order valence-corrected chi connectivity index (χ4v) is 4.96. The minimum Gasteiger partial charge on any atom is -0.324 e. The highest BCUT2D eigenvalue weighted by Crippen LogP contribution is 2.46. The largest absolute Gasteiger partial charge is 0.325 e. The summed E-state index contributed by atoms with van der Waals surface area (Å²) in [5.41, 5.74) is -0.303. The van der Waals surface area contributed by atoms with Gasteiger partial charge in [0.25, 0.3) is 5.91 Å². The molecule has 1 aliphatic carbocycles. The number of nitrogens with zero attached hydrogens (tertiary/aromatic N) is 1. The number of carbonyl (C=O) groups excluding carboxylic acids is 3. The summed E-state index contributed by atoms with van der Waals surface area (Å²) in [6.45, 7) is 6.05. The first-order chi connectivity index (χ1) is 12.1. The van der Waals surface area contributed by atoms with Crippen molar-refractivity contribution in [1.82, 2.24) is 10.2 Å². The van der Waals surface area contributed by atoms with Gasteiger partial charge in [-0.3, -0.25) is 14.5 Å².